The van der Waals surface area contributed by atoms with Crippen LogP contribution < -0.4 is 5.73 Å². The van der Waals surface area contributed by atoms with E-state index in [1.165, 1.54) is 0 Å². The smallest absolute Gasteiger partial charge is 0.214 e. The summed E-state index contributed by atoms with van der Waals surface area (Å²) in [5.74, 6) is 0.289. The Hall–Kier alpha value is -1.16. The SMILES string of the molecule is C=C.C=NC(N)=NC1CCOCC1. The Bertz CT molecular complexity index is 174. The highest BCUT2D eigenvalue weighted by atomic mass is 16.5. The fraction of sp³-hybridized carbons (Fsp3) is 0.556. The monoisotopic (exact) mass is 183 g/mol. The van der Waals surface area contributed by atoms with E-state index >= 15 is 0 Å². The van der Waals surface area contributed by atoms with E-state index < -0.39 is 0 Å². The minimum Gasteiger partial charge on any atom is -0.381 e. The summed E-state index contributed by atoms with van der Waals surface area (Å²) in [5.41, 5.74) is 5.38. The summed E-state index contributed by atoms with van der Waals surface area (Å²) in [7, 11) is 0. The minimum absolute atomic E-state index is 0.286. The van der Waals surface area contributed by atoms with Crippen LogP contribution in [0.5, 0.6) is 0 Å². The standard InChI is InChI=1S/C7H13N3O.C2H4/c1-9-7(8)10-6-2-4-11-5-3-6;1-2/h6H,1-5H2,(H2,8,10);1-2H2. The Morgan fingerprint density at radius 1 is 1.31 bits per heavy atom. The normalized spacial score (nSPS) is 18.6. The summed E-state index contributed by atoms with van der Waals surface area (Å²) in [6.07, 6.45) is 1.88. The highest BCUT2D eigenvalue weighted by Crippen LogP contribution is 2.09. The Kier molecular flexibility index (Phi) is 6.82. The van der Waals surface area contributed by atoms with Crippen LogP contribution in [0.3, 0.4) is 0 Å². The van der Waals surface area contributed by atoms with E-state index in [1.54, 1.807) is 0 Å². The van der Waals surface area contributed by atoms with Crippen molar-refractivity contribution in [3.05, 3.63) is 13.2 Å². The van der Waals surface area contributed by atoms with Gasteiger partial charge in [0, 0.05) is 13.2 Å². The summed E-state index contributed by atoms with van der Waals surface area (Å²) < 4.78 is 5.16. The maximum atomic E-state index is 5.38. The van der Waals surface area contributed by atoms with E-state index in [1.807, 2.05) is 0 Å². The molecule has 0 bridgehead atoms. The predicted molar refractivity (Wildman–Crippen MR) is 56.3 cm³/mol. The molecule has 1 saturated heterocycles. The van der Waals surface area contributed by atoms with Gasteiger partial charge >= 0.3 is 0 Å². The van der Waals surface area contributed by atoms with Crippen molar-refractivity contribution in [2.45, 2.75) is 18.9 Å². The number of hydrogen-bond donors (Lipinski definition) is 1. The molecule has 0 aromatic rings. The number of nitrogens with two attached hydrogens (primary N) is 1. The molecule has 1 rings (SSSR count). The zero-order valence-electron chi connectivity index (χ0n) is 7.91. The Morgan fingerprint density at radius 3 is 2.31 bits per heavy atom. The third kappa shape index (κ3) is 5.14. The van der Waals surface area contributed by atoms with Gasteiger partial charge < -0.3 is 10.5 Å². The van der Waals surface area contributed by atoms with E-state index in [0.717, 1.165) is 26.1 Å². The molecule has 4 nitrogen and oxygen atoms in total. The second kappa shape index (κ2) is 7.49. The van der Waals surface area contributed by atoms with Gasteiger partial charge in [0.15, 0.2) is 0 Å². The Labute approximate surface area is 79.2 Å². The Balaban J connectivity index is 0.000000671. The molecular formula is C9H17N3O. The van der Waals surface area contributed by atoms with Gasteiger partial charge in [-0.25, -0.2) is 9.98 Å². The highest BCUT2D eigenvalue weighted by Gasteiger charge is 2.11. The number of rotatable bonds is 1. The summed E-state index contributed by atoms with van der Waals surface area (Å²) in [6.45, 7) is 10.8. The van der Waals surface area contributed by atoms with Crippen molar-refractivity contribution < 1.29 is 4.74 Å². The van der Waals surface area contributed by atoms with Crippen molar-refractivity contribution in [3.8, 4) is 0 Å². The quantitative estimate of drug-likeness (QED) is 0.374. The third-order valence-electron chi connectivity index (χ3n) is 1.67. The maximum Gasteiger partial charge on any atom is 0.214 e. The van der Waals surface area contributed by atoms with Crippen LogP contribution in [0, 0.1) is 0 Å². The predicted octanol–water partition coefficient (Wildman–Crippen LogP) is 0.983. The molecule has 0 saturated carbocycles. The van der Waals surface area contributed by atoms with Crippen LogP contribution in [0.4, 0.5) is 0 Å². The summed E-state index contributed by atoms with van der Waals surface area (Å²) in [5, 5.41) is 0. The van der Waals surface area contributed by atoms with Crippen molar-refractivity contribution in [3.63, 3.8) is 0 Å². The average molecular weight is 183 g/mol. The van der Waals surface area contributed by atoms with Crippen LogP contribution in [-0.4, -0.2) is 31.9 Å². The molecular weight excluding hydrogens is 166 g/mol. The fourth-order valence-corrected chi connectivity index (χ4v) is 1.04. The lowest BCUT2D eigenvalue weighted by molar-refractivity contribution is 0.0871. The first-order valence-electron chi connectivity index (χ1n) is 4.20. The maximum absolute atomic E-state index is 5.38. The topological polar surface area (TPSA) is 60.0 Å². The second-order valence-electron chi connectivity index (χ2n) is 2.49. The lowest BCUT2D eigenvalue weighted by Crippen LogP contribution is -2.22. The van der Waals surface area contributed by atoms with Gasteiger partial charge in [-0.05, 0) is 19.6 Å². The molecule has 0 aromatic carbocycles. The van der Waals surface area contributed by atoms with Crippen LogP contribution in [0.25, 0.3) is 0 Å². The molecule has 4 heteroatoms. The van der Waals surface area contributed by atoms with Gasteiger partial charge in [-0.2, -0.15) is 0 Å². The van der Waals surface area contributed by atoms with Gasteiger partial charge in [0.05, 0.1) is 6.04 Å². The molecule has 0 unspecified atom stereocenters. The highest BCUT2D eigenvalue weighted by molar-refractivity contribution is 5.82. The van der Waals surface area contributed by atoms with E-state index in [-0.39, 0.29) is 12.0 Å². The van der Waals surface area contributed by atoms with Gasteiger partial charge in [-0.15, -0.1) is 13.2 Å². The zero-order valence-corrected chi connectivity index (χ0v) is 7.91. The van der Waals surface area contributed by atoms with Crippen LogP contribution in [0.15, 0.2) is 23.1 Å². The Morgan fingerprint density at radius 2 is 1.85 bits per heavy atom. The van der Waals surface area contributed by atoms with Gasteiger partial charge in [-0.3, -0.25) is 0 Å². The van der Waals surface area contributed by atoms with Crippen LogP contribution in [0.1, 0.15) is 12.8 Å². The van der Waals surface area contributed by atoms with Gasteiger partial charge in [0.25, 0.3) is 0 Å². The molecule has 0 aromatic heterocycles. The van der Waals surface area contributed by atoms with E-state index in [2.05, 4.69) is 29.9 Å². The molecule has 1 fully saturated rings. The number of ether oxygens (including phenoxy) is 1. The molecule has 0 aliphatic carbocycles. The first kappa shape index (κ1) is 11.8. The molecule has 1 heterocycles. The fourth-order valence-electron chi connectivity index (χ4n) is 1.04. The van der Waals surface area contributed by atoms with Crippen molar-refractivity contribution in [2.24, 2.45) is 15.7 Å². The van der Waals surface area contributed by atoms with Crippen molar-refractivity contribution in [1.29, 1.82) is 0 Å². The number of nitrogens with zero attached hydrogens (tertiary/aromatic N) is 2. The molecule has 74 valence electrons. The van der Waals surface area contributed by atoms with Crippen LogP contribution >= 0.6 is 0 Å². The van der Waals surface area contributed by atoms with Gasteiger partial charge in [-0.1, -0.05) is 0 Å². The summed E-state index contributed by atoms with van der Waals surface area (Å²) >= 11 is 0. The lowest BCUT2D eigenvalue weighted by atomic mass is 10.1. The van der Waals surface area contributed by atoms with Crippen molar-refractivity contribution in [2.75, 3.05) is 13.2 Å². The molecule has 0 amide bonds. The zero-order chi connectivity index (χ0) is 10.1. The van der Waals surface area contributed by atoms with Crippen molar-refractivity contribution >= 4 is 12.7 Å². The average Bonchev–Trinajstić information content (AvgIpc) is 2.22. The molecule has 1 aliphatic rings. The second-order valence-corrected chi connectivity index (χ2v) is 2.49. The van der Waals surface area contributed by atoms with E-state index in [9.17, 15) is 0 Å². The summed E-state index contributed by atoms with van der Waals surface area (Å²) in [6, 6.07) is 0.286. The molecule has 0 radical (unpaired) electrons. The molecule has 2 N–H and O–H groups in total. The first-order chi connectivity index (χ1) is 6.33. The first-order valence-corrected chi connectivity index (χ1v) is 4.20. The van der Waals surface area contributed by atoms with Crippen LogP contribution in [0.2, 0.25) is 0 Å². The van der Waals surface area contributed by atoms with Crippen molar-refractivity contribution in [1.82, 2.24) is 0 Å². The van der Waals surface area contributed by atoms with E-state index in [0.29, 0.717) is 0 Å². The number of guanidine groups is 1. The lowest BCUT2D eigenvalue weighted by Gasteiger charge is -2.17. The molecule has 0 spiro atoms. The summed E-state index contributed by atoms with van der Waals surface area (Å²) in [4.78, 5) is 7.66. The van der Waals surface area contributed by atoms with Gasteiger partial charge in [0.2, 0.25) is 5.96 Å². The molecule has 13 heavy (non-hydrogen) atoms. The molecule has 0 atom stereocenters. The minimum atomic E-state index is 0.286. The number of hydrogen-bond acceptors (Lipinski definition) is 2. The van der Waals surface area contributed by atoms with Gasteiger partial charge in [0.1, 0.15) is 0 Å². The van der Waals surface area contributed by atoms with E-state index in [4.69, 9.17) is 10.5 Å². The number of aliphatic imine (C=N–C) groups is 2. The third-order valence-corrected chi connectivity index (χ3v) is 1.67. The largest absolute Gasteiger partial charge is 0.381 e. The molecule has 1 aliphatic heterocycles. The van der Waals surface area contributed by atoms with Crippen LogP contribution in [-0.2, 0) is 4.74 Å².